The van der Waals surface area contributed by atoms with Crippen LogP contribution in [0.1, 0.15) is 40.5 Å². The Bertz CT molecular complexity index is 1180. The fraction of sp³-hybridized carbons (Fsp3) is 0.400. The van der Waals surface area contributed by atoms with Crippen molar-refractivity contribution in [2.45, 2.75) is 33.0 Å². The quantitative estimate of drug-likeness (QED) is 0.574. The molecule has 2 atom stereocenters. The summed E-state index contributed by atoms with van der Waals surface area (Å²) >= 11 is 0. The number of carbonyl (C=O) groups excluding carboxylic acids is 1. The van der Waals surface area contributed by atoms with Crippen LogP contribution in [-0.4, -0.2) is 40.5 Å². The first-order valence-corrected chi connectivity index (χ1v) is 11.2. The predicted octanol–water partition coefficient (Wildman–Crippen LogP) is 4.85. The molecule has 9 heteroatoms. The predicted molar refractivity (Wildman–Crippen MR) is 123 cm³/mol. The van der Waals surface area contributed by atoms with Gasteiger partial charge in [0.2, 0.25) is 0 Å². The fourth-order valence-electron chi connectivity index (χ4n) is 4.19. The molecule has 1 aliphatic heterocycles. The first kappa shape index (κ1) is 23.9. The molecule has 180 valence electrons. The molecular formula is C25H27F3N4O2. The number of aryl methyl sites for hydroxylation is 1. The molecule has 0 bridgehead atoms. The lowest BCUT2D eigenvalue weighted by atomic mass is 9.89. The van der Waals surface area contributed by atoms with Crippen LogP contribution in [0.15, 0.2) is 42.6 Å². The zero-order chi connectivity index (χ0) is 24.5. The lowest BCUT2D eigenvalue weighted by Gasteiger charge is -2.34. The Kier molecular flexibility index (Phi) is 6.74. The average Bonchev–Trinajstić information content (AvgIpc) is 2.80. The summed E-state index contributed by atoms with van der Waals surface area (Å²) in [6.07, 6.45) is -2.84. The van der Waals surface area contributed by atoms with E-state index in [1.165, 1.54) is 6.07 Å². The van der Waals surface area contributed by atoms with Gasteiger partial charge in [-0.25, -0.2) is 4.98 Å². The molecule has 3 heterocycles. The van der Waals surface area contributed by atoms with Crippen molar-refractivity contribution in [3.8, 4) is 0 Å². The minimum absolute atomic E-state index is 0.109. The van der Waals surface area contributed by atoms with Crippen LogP contribution >= 0.6 is 0 Å². The van der Waals surface area contributed by atoms with Crippen molar-refractivity contribution in [3.05, 3.63) is 65.0 Å². The highest BCUT2D eigenvalue weighted by Crippen LogP contribution is 2.29. The number of halogens is 3. The second-order valence-electron chi connectivity index (χ2n) is 8.92. The van der Waals surface area contributed by atoms with Crippen LogP contribution in [-0.2, 0) is 17.5 Å². The number of hydrogen-bond acceptors (Lipinski definition) is 5. The Morgan fingerprint density at radius 3 is 2.71 bits per heavy atom. The van der Waals surface area contributed by atoms with Crippen molar-refractivity contribution in [2.75, 3.05) is 25.5 Å². The molecule has 3 aromatic rings. The van der Waals surface area contributed by atoms with Gasteiger partial charge in [0.05, 0.1) is 23.3 Å². The van der Waals surface area contributed by atoms with E-state index in [4.69, 9.17) is 10.5 Å². The number of aromatic nitrogens is 2. The van der Waals surface area contributed by atoms with Gasteiger partial charge in [0, 0.05) is 36.9 Å². The van der Waals surface area contributed by atoms with Crippen LogP contribution in [0.3, 0.4) is 0 Å². The van der Waals surface area contributed by atoms with Crippen LogP contribution in [0, 0.1) is 18.8 Å². The van der Waals surface area contributed by atoms with E-state index in [-0.39, 0.29) is 24.3 Å². The van der Waals surface area contributed by atoms with Gasteiger partial charge in [-0.3, -0.25) is 9.78 Å². The van der Waals surface area contributed by atoms with Crippen LogP contribution in [0.4, 0.5) is 19.0 Å². The second kappa shape index (κ2) is 9.58. The molecule has 1 aromatic carbocycles. The molecule has 0 spiro atoms. The number of nitrogens with two attached hydrogens (primary N) is 1. The number of pyridine rings is 2. The molecule has 6 nitrogen and oxygen atoms in total. The Morgan fingerprint density at radius 1 is 1.24 bits per heavy atom. The van der Waals surface area contributed by atoms with Gasteiger partial charge in [-0.15, -0.1) is 0 Å². The number of fused-ring (bicyclic) bond motifs is 1. The van der Waals surface area contributed by atoms with Crippen LogP contribution in [0.25, 0.3) is 10.9 Å². The number of nitrogens with zero attached hydrogens (tertiary/aromatic N) is 3. The molecule has 4 rings (SSSR count). The van der Waals surface area contributed by atoms with Gasteiger partial charge in [0.15, 0.2) is 0 Å². The summed E-state index contributed by atoms with van der Waals surface area (Å²) in [5.41, 5.74) is 7.46. The van der Waals surface area contributed by atoms with E-state index in [2.05, 4.69) is 16.9 Å². The van der Waals surface area contributed by atoms with Gasteiger partial charge >= 0.3 is 6.18 Å². The van der Waals surface area contributed by atoms with Crippen molar-refractivity contribution in [1.29, 1.82) is 0 Å². The number of alkyl halides is 3. The topological polar surface area (TPSA) is 81.3 Å². The molecule has 1 aliphatic rings. The lowest BCUT2D eigenvalue weighted by molar-refractivity contribution is -0.137. The van der Waals surface area contributed by atoms with E-state index in [1.807, 2.05) is 13.0 Å². The van der Waals surface area contributed by atoms with E-state index < -0.39 is 11.7 Å². The molecule has 1 fully saturated rings. The molecule has 2 N–H and O–H groups in total. The summed E-state index contributed by atoms with van der Waals surface area (Å²) in [5.74, 6) is 0.708. The van der Waals surface area contributed by atoms with Gasteiger partial charge in [0.25, 0.3) is 5.91 Å². The third kappa shape index (κ3) is 5.30. The molecule has 2 unspecified atom stereocenters. The van der Waals surface area contributed by atoms with Gasteiger partial charge in [-0.2, -0.15) is 13.2 Å². The number of hydrogen-bond donors (Lipinski definition) is 1. The summed E-state index contributed by atoms with van der Waals surface area (Å²) in [7, 11) is 0. The van der Waals surface area contributed by atoms with E-state index in [0.717, 1.165) is 29.6 Å². The standard InChI is InChI=1S/C25H27F3N4O2/c1-15-9-19-10-17(3-6-22(19)31-23(15)29)24(33)32(12-18-7-8-34-14-16(18)2)13-21-5-4-20(11-30-21)25(26,27)28/h3-6,9-11,16,18H,7-8,12-14H2,1-2H3,(H2,29,31). The van der Waals surface area contributed by atoms with Crippen molar-refractivity contribution in [1.82, 2.24) is 14.9 Å². The van der Waals surface area contributed by atoms with Crippen LogP contribution in [0.2, 0.25) is 0 Å². The summed E-state index contributed by atoms with van der Waals surface area (Å²) < 4.78 is 44.3. The van der Waals surface area contributed by atoms with E-state index >= 15 is 0 Å². The van der Waals surface area contributed by atoms with Crippen molar-refractivity contribution < 1.29 is 22.7 Å². The zero-order valence-corrected chi connectivity index (χ0v) is 19.1. The Morgan fingerprint density at radius 2 is 2.03 bits per heavy atom. The number of amides is 1. The minimum atomic E-state index is -4.46. The molecule has 2 aromatic heterocycles. The smallest absolute Gasteiger partial charge is 0.383 e. The summed E-state index contributed by atoms with van der Waals surface area (Å²) in [4.78, 5) is 23.6. The highest BCUT2D eigenvalue weighted by atomic mass is 19.4. The maximum absolute atomic E-state index is 13.6. The average molecular weight is 473 g/mol. The summed E-state index contributed by atoms with van der Waals surface area (Å²) in [5, 5.41) is 0.796. The van der Waals surface area contributed by atoms with E-state index in [1.54, 1.807) is 23.1 Å². The molecular weight excluding hydrogens is 445 g/mol. The summed E-state index contributed by atoms with van der Waals surface area (Å²) in [6.45, 7) is 5.75. The SMILES string of the molecule is Cc1cc2cc(C(=O)N(Cc3ccc(C(F)(F)F)cn3)CC3CCOCC3C)ccc2nc1N. The number of ether oxygens (including phenoxy) is 1. The van der Waals surface area contributed by atoms with Crippen molar-refractivity contribution in [3.63, 3.8) is 0 Å². The maximum Gasteiger partial charge on any atom is 0.417 e. The second-order valence-corrected chi connectivity index (χ2v) is 8.92. The Hall–Kier alpha value is -3.20. The monoisotopic (exact) mass is 472 g/mol. The third-order valence-corrected chi connectivity index (χ3v) is 6.36. The fourth-order valence-corrected chi connectivity index (χ4v) is 4.19. The number of rotatable bonds is 5. The number of carbonyl (C=O) groups is 1. The van der Waals surface area contributed by atoms with Crippen molar-refractivity contribution in [2.24, 2.45) is 11.8 Å². The first-order valence-electron chi connectivity index (χ1n) is 11.2. The molecule has 0 saturated carbocycles. The molecule has 0 radical (unpaired) electrons. The number of benzene rings is 1. The van der Waals surface area contributed by atoms with Crippen molar-refractivity contribution >= 4 is 22.6 Å². The van der Waals surface area contributed by atoms with Crippen LogP contribution in [0.5, 0.6) is 0 Å². The Labute approximate surface area is 195 Å². The van der Waals surface area contributed by atoms with Crippen LogP contribution < -0.4 is 5.73 Å². The maximum atomic E-state index is 13.6. The molecule has 1 amide bonds. The largest absolute Gasteiger partial charge is 0.417 e. The normalized spacial score (nSPS) is 18.7. The van der Waals surface area contributed by atoms with Gasteiger partial charge in [0.1, 0.15) is 5.82 Å². The van der Waals surface area contributed by atoms with Gasteiger partial charge in [-0.1, -0.05) is 6.92 Å². The summed E-state index contributed by atoms with van der Waals surface area (Å²) in [6, 6.07) is 9.44. The minimum Gasteiger partial charge on any atom is -0.383 e. The van der Waals surface area contributed by atoms with Gasteiger partial charge < -0.3 is 15.4 Å². The first-order chi connectivity index (χ1) is 16.1. The molecule has 34 heavy (non-hydrogen) atoms. The highest BCUT2D eigenvalue weighted by Gasteiger charge is 2.31. The Balaban J connectivity index is 1.63. The highest BCUT2D eigenvalue weighted by molar-refractivity contribution is 5.98. The lowest BCUT2D eigenvalue weighted by Crippen LogP contribution is -2.40. The molecule has 1 saturated heterocycles. The number of anilines is 1. The molecule has 0 aliphatic carbocycles. The van der Waals surface area contributed by atoms with E-state index in [0.29, 0.717) is 42.4 Å². The van der Waals surface area contributed by atoms with E-state index in [9.17, 15) is 18.0 Å². The zero-order valence-electron chi connectivity index (χ0n) is 19.1. The van der Waals surface area contributed by atoms with Gasteiger partial charge in [-0.05, 0) is 67.1 Å². The third-order valence-electron chi connectivity index (χ3n) is 6.36. The number of nitrogen functional groups attached to an aromatic ring is 1.